The summed E-state index contributed by atoms with van der Waals surface area (Å²) in [6.45, 7) is 3.45. The molecule has 0 atom stereocenters. The lowest BCUT2D eigenvalue weighted by Crippen LogP contribution is -2.26. The Hall–Kier alpha value is -3.29. The summed E-state index contributed by atoms with van der Waals surface area (Å²) >= 11 is 0. The van der Waals surface area contributed by atoms with Crippen LogP contribution in [0.4, 0.5) is 11.4 Å². The minimum atomic E-state index is -0.595. The summed E-state index contributed by atoms with van der Waals surface area (Å²) < 4.78 is 10.6. The molecule has 0 saturated carbocycles. The van der Waals surface area contributed by atoms with E-state index in [2.05, 4.69) is 29.4 Å². The van der Waals surface area contributed by atoms with Gasteiger partial charge in [-0.1, -0.05) is 12.1 Å². The number of nitro benzene ring substituents is 1. The molecule has 1 N–H and O–H groups in total. The number of nitrogens with one attached hydrogen (secondary N) is 1. The first kappa shape index (κ1) is 20.4. The van der Waals surface area contributed by atoms with Gasteiger partial charge in [0.15, 0.2) is 11.5 Å². The van der Waals surface area contributed by atoms with Crippen molar-refractivity contribution in [3.05, 3.63) is 57.1 Å². The van der Waals surface area contributed by atoms with Gasteiger partial charge in [0, 0.05) is 31.9 Å². The van der Waals surface area contributed by atoms with Gasteiger partial charge >= 0.3 is 0 Å². The molecular weight excluding hydrogens is 374 g/mol. The lowest BCUT2D eigenvalue weighted by molar-refractivity contribution is -0.385. The van der Waals surface area contributed by atoms with Crippen LogP contribution in [-0.2, 0) is 13.0 Å². The maximum Gasteiger partial charge on any atom is 0.286 e. The molecular formula is C21H25N3O5. The normalized spacial score (nSPS) is 12.9. The highest BCUT2D eigenvalue weighted by atomic mass is 16.6. The Labute approximate surface area is 169 Å². The van der Waals surface area contributed by atoms with Crippen LogP contribution in [0.2, 0.25) is 0 Å². The molecule has 0 radical (unpaired) electrons. The average Bonchev–Trinajstić information content (AvgIpc) is 2.71. The van der Waals surface area contributed by atoms with Crippen molar-refractivity contribution in [3.8, 4) is 11.5 Å². The predicted octanol–water partition coefficient (Wildman–Crippen LogP) is 3.31. The molecule has 0 bridgehead atoms. The lowest BCUT2D eigenvalue weighted by atomic mass is 9.99. The van der Waals surface area contributed by atoms with Gasteiger partial charge in [0.05, 0.1) is 24.7 Å². The average molecular weight is 399 g/mol. The molecule has 0 unspecified atom stereocenters. The standard InChI is InChI=1S/C21H25N3O5/c1-4-29-20-11-16(18(24(26)27)12-19(20)28-3)21(25)22-13-14-7-8-17-15(10-14)6-5-9-23(17)2/h7-8,10-12H,4-6,9,13H2,1-3H3,(H,22,25). The first-order valence-corrected chi connectivity index (χ1v) is 9.55. The molecule has 0 aliphatic carbocycles. The number of nitrogens with zero attached hydrogens (tertiary/aromatic N) is 2. The molecule has 154 valence electrons. The van der Waals surface area contributed by atoms with Crippen LogP contribution in [0.5, 0.6) is 11.5 Å². The molecule has 8 heteroatoms. The summed E-state index contributed by atoms with van der Waals surface area (Å²) in [5, 5.41) is 14.2. The third-order valence-electron chi connectivity index (χ3n) is 4.97. The van der Waals surface area contributed by atoms with Crippen molar-refractivity contribution in [2.45, 2.75) is 26.3 Å². The number of methoxy groups -OCH3 is 1. The summed E-state index contributed by atoms with van der Waals surface area (Å²) in [6.07, 6.45) is 2.10. The first-order chi connectivity index (χ1) is 13.9. The zero-order chi connectivity index (χ0) is 21.0. The van der Waals surface area contributed by atoms with Crippen molar-refractivity contribution in [2.75, 3.05) is 32.2 Å². The molecule has 1 heterocycles. The van der Waals surface area contributed by atoms with Gasteiger partial charge in [-0.05, 0) is 37.0 Å². The molecule has 29 heavy (non-hydrogen) atoms. The van der Waals surface area contributed by atoms with Crippen molar-refractivity contribution in [3.63, 3.8) is 0 Å². The Bertz CT molecular complexity index is 929. The molecule has 2 aromatic rings. The largest absolute Gasteiger partial charge is 0.493 e. The zero-order valence-electron chi connectivity index (χ0n) is 16.9. The van der Waals surface area contributed by atoms with Crippen molar-refractivity contribution in [1.82, 2.24) is 5.32 Å². The van der Waals surface area contributed by atoms with Crippen LogP contribution < -0.4 is 19.7 Å². The number of carbonyl (C=O) groups excluding carboxylic acids is 1. The third-order valence-corrected chi connectivity index (χ3v) is 4.97. The van der Waals surface area contributed by atoms with Gasteiger partial charge < -0.3 is 19.7 Å². The van der Waals surface area contributed by atoms with Crippen molar-refractivity contribution >= 4 is 17.3 Å². The molecule has 3 rings (SSSR count). The SMILES string of the molecule is CCOc1cc(C(=O)NCc2ccc3c(c2)CCCN3C)c([N+](=O)[O-])cc1OC. The number of fused-ring (bicyclic) bond motifs is 1. The molecule has 1 aliphatic rings. The van der Waals surface area contributed by atoms with E-state index in [-0.39, 0.29) is 23.5 Å². The van der Waals surface area contributed by atoms with E-state index in [1.165, 1.54) is 30.5 Å². The van der Waals surface area contributed by atoms with Gasteiger partial charge in [0.1, 0.15) is 5.56 Å². The molecule has 0 fully saturated rings. The first-order valence-electron chi connectivity index (χ1n) is 9.55. The number of hydrogen-bond acceptors (Lipinski definition) is 6. The van der Waals surface area contributed by atoms with E-state index in [0.29, 0.717) is 12.4 Å². The van der Waals surface area contributed by atoms with Crippen molar-refractivity contribution in [2.24, 2.45) is 0 Å². The fourth-order valence-electron chi connectivity index (χ4n) is 3.54. The van der Waals surface area contributed by atoms with Gasteiger partial charge in [0.2, 0.25) is 0 Å². The molecule has 2 aromatic carbocycles. The molecule has 0 saturated heterocycles. The molecule has 1 amide bonds. The minimum absolute atomic E-state index is 0.0584. The summed E-state index contributed by atoms with van der Waals surface area (Å²) in [4.78, 5) is 25.8. The number of rotatable bonds is 7. The van der Waals surface area contributed by atoms with E-state index in [4.69, 9.17) is 9.47 Å². The van der Waals surface area contributed by atoms with Crippen LogP contribution >= 0.6 is 0 Å². The Balaban J connectivity index is 1.81. The number of hydrogen-bond donors (Lipinski definition) is 1. The second-order valence-corrected chi connectivity index (χ2v) is 6.88. The number of amides is 1. The van der Waals surface area contributed by atoms with Crippen molar-refractivity contribution < 1.29 is 19.2 Å². The van der Waals surface area contributed by atoms with Gasteiger partial charge in [-0.3, -0.25) is 14.9 Å². The van der Waals surface area contributed by atoms with Gasteiger partial charge in [-0.2, -0.15) is 0 Å². The highest BCUT2D eigenvalue weighted by Crippen LogP contribution is 2.35. The maximum absolute atomic E-state index is 12.7. The van der Waals surface area contributed by atoms with Gasteiger partial charge in [-0.25, -0.2) is 0 Å². The fourth-order valence-corrected chi connectivity index (χ4v) is 3.54. The molecule has 0 aromatic heterocycles. The maximum atomic E-state index is 12.7. The zero-order valence-corrected chi connectivity index (χ0v) is 16.9. The Kier molecular flexibility index (Phi) is 6.21. The number of benzene rings is 2. The van der Waals surface area contributed by atoms with Crippen LogP contribution in [0, 0.1) is 10.1 Å². The van der Waals surface area contributed by atoms with E-state index in [1.54, 1.807) is 6.92 Å². The van der Waals surface area contributed by atoms with E-state index in [9.17, 15) is 14.9 Å². The minimum Gasteiger partial charge on any atom is -0.493 e. The Morgan fingerprint density at radius 3 is 2.76 bits per heavy atom. The predicted molar refractivity (Wildman–Crippen MR) is 110 cm³/mol. The summed E-state index contributed by atoms with van der Waals surface area (Å²) in [5.41, 5.74) is 3.03. The van der Waals surface area contributed by atoms with Gasteiger partial charge in [-0.15, -0.1) is 0 Å². The monoisotopic (exact) mass is 399 g/mol. The van der Waals surface area contributed by atoms with Crippen LogP contribution in [-0.4, -0.2) is 38.1 Å². The van der Waals surface area contributed by atoms with Crippen LogP contribution in [0.3, 0.4) is 0 Å². The van der Waals surface area contributed by atoms with Gasteiger partial charge in [0.25, 0.3) is 11.6 Å². The third kappa shape index (κ3) is 4.42. The summed E-state index contributed by atoms with van der Waals surface area (Å²) in [7, 11) is 3.47. The second kappa shape index (κ2) is 8.81. The number of nitro groups is 1. The topological polar surface area (TPSA) is 93.9 Å². The van der Waals surface area contributed by atoms with E-state index < -0.39 is 10.8 Å². The Morgan fingerprint density at radius 2 is 2.07 bits per heavy atom. The van der Waals surface area contributed by atoms with E-state index >= 15 is 0 Å². The summed E-state index contributed by atoms with van der Waals surface area (Å²) in [5.74, 6) is -0.0216. The molecule has 0 spiro atoms. The molecule has 8 nitrogen and oxygen atoms in total. The number of carbonyl (C=O) groups is 1. The fraction of sp³-hybridized carbons (Fsp3) is 0.381. The number of ether oxygens (including phenoxy) is 2. The van der Waals surface area contributed by atoms with E-state index in [1.807, 2.05) is 6.07 Å². The second-order valence-electron chi connectivity index (χ2n) is 6.88. The lowest BCUT2D eigenvalue weighted by Gasteiger charge is -2.27. The van der Waals surface area contributed by atoms with Crippen molar-refractivity contribution in [1.29, 1.82) is 0 Å². The molecule has 1 aliphatic heterocycles. The van der Waals surface area contributed by atoms with Crippen LogP contribution in [0.25, 0.3) is 0 Å². The quantitative estimate of drug-likeness (QED) is 0.567. The highest BCUT2D eigenvalue weighted by molar-refractivity contribution is 5.99. The highest BCUT2D eigenvalue weighted by Gasteiger charge is 2.24. The van der Waals surface area contributed by atoms with Crippen LogP contribution in [0.1, 0.15) is 34.8 Å². The number of aryl methyl sites for hydroxylation is 1. The smallest absolute Gasteiger partial charge is 0.286 e. The van der Waals surface area contributed by atoms with Crippen LogP contribution in [0.15, 0.2) is 30.3 Å². The summed E-state index contributed by atoms with van der Waals surface area (Å²) in [6, 6.07) is 8.68. The number of anilines is 1. The Morgan fingerprint density at radius 1 is 1.28 bits per heavy atom. The van der Waals surface area contributed by atoms with E-state index in [0.717, 1.165) is 24.9 Å².